The van der Waals surface area contributed by atoms with E-state index in [1.54, 1.807) is 6.07 Å². The number of aromatic nitrogens is 2. The summed E-state index contributed by atoms with van der Waals surface area (Å²) in [5, 5.41) is 2.62. The Hall–Kier alpha value is -2.42. The molecule has 0 bridgehead atoms. The van der Waals surface area contributed by atoms with Gasteiger partial charge in [-0.05, 0) is 16.8 Å². The van der Waals surface area contributed by atoms with Gasteiger partial charge in [0.05, 0.1) is 0 Å². The maximum absolute atomic E-state index is 10.1. The van der Waals surface area contributed by atoms with Crippen LogP contribution in [-0.2, 0) is 0 Å². The molecule has 0 radical (unpaired) electrons. The van der Waals surface area contributed by atoms with Crippen molar-refractivity contribution in [2.45, 2.75) is 0 Å². The van der Waals surface area contributed by atoms with E-state index in [1.165, 1.54) is 23.2 Å². The van der Waals surface area contributed by atoms with Crippen LogP contribution in [0.15, 0.2) is 71.8 Å². The van der Waals surface area contributed by atoms with Gasteiger partial charge in [0.15, 0.2) is 0 Å². The zero-order valence-corrected chi connectivity index (χ0v) is 9.21. The first-order valence-electron chi connectivity index (χ1n) is 5.30. The third-order valence-corrected chi connectivity index (χ3v) is 2.24. The maximum atomic E-state index is 10.1. The van der Waals surface area contributed by atoms with E-state index in [1.807, 2.05) is 0 Å². The molecule has 84 valence electrons. The second-order valence-electron chi connectivity index (χ2n) is 3.43. The first-order chi connectivity index (χ1) is 8.36. The Morgan fingerprint density at radius 3 is 1.65 bits per heavy atom. The summed E-state index contributed by atoms with van der Waals surface area (Å²) in [4.78, 5) is 15.8. The fourth-order valence-corrected chi connectivity index (χ4v) is 1.44. The summed E-state index contributed by atoms with van der Waals surface area (Å²) < 4.78 is 0. The molecule has 1 heterocycles. The summed E-state index contributed by atoms with van der Waals surface area (Å²) in [6.07, 6.45) is 2.98. The van der Waals surface area contributed by atoms with Crippen LogP contribution >= 0.6 is 0 Å². The van der Waals surface area contributed by atoms with Gasteiger partial charge in [0, 0.05) is 12.4 Å². The molecule has 0 saturated carbocycles. The Balaban J connectivity index is 0.000000136. The van der Waals surface area contributed by atoms with E-state index in [2.05, 4.69) is 58.5 Å². The fourth-order valence-electron chi connectivity index (χ4n) is 1.44. The number of hydrogen-bond donors (Lipinski definition) is 1. The SMILES string of the molecule is O=c1nccc[nH]1.c1ccc2ccccc2c1. The number of nitrogens with zero attached hydrogens (tertiary/aromatic N) is 1. The van der Waals surface area contributed by atoms with Gasteiger partial charge in [-0.1, -0.05) is 48.5 Å². The summed E-state index contributed by atoms with van der Waals surface area (Å²) in [6.45, 7) is 0. The minimum Gasteiger partial charge on any atom is -0.313 e. The number of H-pyrrole nitrogens is 1. The zero-order chi connectivity index (χ0) is 11.9. The van der Waals surface area contributed by atoms with Crippen molar-refractivity contribution in [1.29, 1.82) is 0 Å². The van der Waals surface area contributed by atoms with Crippen molar-refractivity contribution < 1.29 is 0 Å². The van der Waals surface area contributed by atoms with Crippen molar-refractivity contribution in [3.05, 3.63) is 77.5 Å². The third-order valence-electron chi connectivity index (χ3n) is 2.24. The summed E-state index contributed by atoms with van der Waals surface area (Å²) in [7, 11) is 0. The molecule has 3 nitrogen and oxygen atoms in total. The molecule has 1 aromatic heterocycles. The molecule has 3 rings (SSSR count). The molecular formula is C14H12N2O. The minimum absolute atomic E-state index is 0.303. The third kappa shape index (κ3) is 3.28. The van der Waals surface area contributed by atoms with Crippen LogP contribution in [0, 0.1) is 0 Å². The Bertz CT molecular complexity index is 564. The van der Waals surface area contributed by atoms with Gasteiger partial charge in [-0.3, -0.25) is 0 Å². The van der Waals surface area contributed by atoms with Crippen molar-refractivity contribution in [3.8, 4) is 0 Å². The van der Waals surface area contributed by atoms with Crippen molar-refractivity contribution in [3.63, 3.8) is 0 Å². The van der Waals surface area contributed by atoms with Crippen LogP contribution in [0.4, 0.5) is 0 Å². The summed E-state index contributed by atoms with van der Waals surface area (Å²) in [5.74, 6) is 0. The molecule has 0 aliphatic carbocycles. The highest BCUT2D eigenvalue weighted by atomic mass is 16.1. The van der Waals surface area contributed by atoms with Gasteiger partial charge in [0.25, 0.3) is 0 Å². The molecule has 0 saturated heterocycles. The van der Waals surface area contributed by atoms with Gasteiger partial charge in [-0.2, -0.15) is 0 Å². The highest BCUT2D eigenvalue weighted by Gasteiger charge is 1.85. The van der Waals surface area contributed by atoms with Crippen LogP contribution < -0.4 is 5.69 Å². The van der Waals surface area contributed by atoms with Crippen LogP contribution in [0.3, 0.4) is 0 Å². The molecule has 0 aliphatic rings. The second-order valence-corrected chi connectivity index (χ2v) is 3.43. The lowest BCUT2D eigenvalue weighted by Crippen LogP contribution is -2.05. The summed E-state index contributed by atoms with van der Waals surface area (Å²) in [6, 6.07) is 18.4. The average Bonchev–Trinajstić information content (AvgIpc) is 2.41. The lowest BCUT2D eigenvalue weighted by atomic mass is 10.1. The van der Waals surface area contributed by atoms with Crippen molar-refractivity contribution in [2.75, 3.05) is 0 Å². The molecule has 0 aliphatic heterocycles. The predicted octanol–water partition coefficient (Wildman–Crippen LogP) is 2.61. The molecule has 3 aromatic rings. The van der Waals surface area contributed by atoms with E-state index >= 15 is 0 Å². The molecule has 0 spiro atoms. The van der Waals surface area contributed by atoms with Crippen LogP contribution in [0.2, 0.25) is 0 Å². The molecule has 1 N–H and O–H groups in total. The van der Waals surface area contributed by atoms with E-state index in [4.69, 9.17) is 0 Å². The van der Waals surface area contributed by atoms with Crippen LogP contribution in [0.5, 0.6) is 0 Å². The van der Waals surface area contributed by atoms with E-state index in [9.17, 15) is 4.79 Å². The molecule has 0 fully saturated rings. The molecule has 0 unspecified atom stereocenters. The lowest BCUT2D eigenvalue weighted by Gasteiger charge is -1.92. The molecule has 0 amide bonds. The van der Waals surface area contributed by atoms with E-state index in [-0.39, 0.29) is 5.69 Å². The molecular weight excluding hydrogens is 212 g/mol. The topological polar surface area (TPSA) is 45.8 Å². The van der Waals surface area contributed by atoms with Crippen molar-refractivity contribution in [1.82, 2.24) is 9.97 Å². The zero-order valence-electron chi connectivity index (χ0n) is 9.21. The van der Waals surface area contributed by atoms with Gasteiger partial charge in [-0.15, -0.1) is 0 Å². The fraction of sp³-hybridized carbons (Fsp3) is 0. The largest absolute Gasteiger partial charge is 0.344 e. The Labute approximate surface area is 98.8 Å². The summed E-state index contributed by atoms with van der Waals surface area (Å²) >= 11 is 0. The molecule has 2 aromatic carbocycles. The molecule has 3 heteroatoms. The van der Waals surface area contributed by atoms with Crippen LogP contribution in [-0.4, -0.2) is 9.97 Å². The van der Waals surface area contributed by atoms with Gasteiger partial charge in [-0.25, -0.2) is 9.78 Å². The number of fused-ring (bicyclic) bond motifs is 1. The highest BCUT2D eigenvalue weighted by Crippen LogP contribution is 2.11. The smallest absolute Gasteiger partial charge is 0.313 e. The summed E-state index contributed by atoms with van der Waals surface area (Å²) in [5.41, 5.74) is -0.303. The van der Waals surface area contributed by atoms with E-state index in [0.717, 1.165) is 0 Å². The first-order valence-corrected chi connectivity index (χ1v) is 5.30. The molecule has 0 atom stereocenters. The van der Waals surface area contributed by atoms with Crippen molar-refractivity contribution >= 4 is 10.8 Å². The van der Waals surface area contributed by atoms with Crippen molar-refractivity contribution in [2.24, 2.45) is 0 Å². The lowest BCUT2D eigenvalue weighted by molar-refractivity contribution is 1.08. The minimum atomic E-state index is -0.303. The normalized spacial score (nSPS) is 9.41. The average molecular weight is 224 g/mol. The van der Waals surface area contributed by atoms with E-state index in [0.29, 0.717) is 0 Å². The van der Waals surface area contributed by atoms with Crippen LogP contribution in [0.1, 0.15) is 0 Å². The van der Waals surface area contributed by atoms with E-state index < -0.39 is 0 Å². The van der Waals surface area contributed by atoms with Gasteiger partial charge in [0.2, 0.25) is 0 Å². The molecule has 17 heavy (non-hydrogen) atoms. The second kappa shape index (κ2) is 5.61. The number of rotatable bonds is 0. The Morgan fingerprint density at radius 1 is 0.824 bits per heavy atom. The predicted molar refractivity (Wildman–Crippen MR) is 68.8 cm³/mol. The quantitative estimate of drug-likeness (QED) is 0.638. The van der Waals surface area contributed by atoms with Gasteiger partial charge < -0.3 is 4.98 Å². The number of nitrogens with one attached hydrogen (secondary N) is 1. The Morgan fingerprint density at radius 2 is 1.35 bits per heavy atom. The number of hydrogen-bond acceptors (Lipinski definition) is 2. The maximum Gasteiger partial charge on any atom is 0.344 e. The first kappa shape index (κ1) is 11.1. The van der Waals surface area contributed by atoms with Crippen LogP contribution in [0.25, 0.3) is 10.8 Å². The Kier molecular flexibility index (Phi) is 3.65. The monoisotopic (exact) mass is 224 g/mol. The standard InChI is InChI=1S/C10H8.C4H4N2O/c1-2-6-10-8-4-3-7-9(10)5-1;7-4-5-2-1-3-6-4/h1-8H;1-3H,(H,5,6,7). The van der Waals surface area contributed by atoms with Gasteiger partial charge in [0.1, 0.15) is 0 Å². The number of benzene rings is 2. The van der Waals surface area contributed by atoms with Gasteiger partial charge >= 0.3 is 5.69 Å². The highest BCUT2D eigenvalue weighted by molar-refractivity contribution is 5.81. The number of aromatic amines is 1.